The van der Waals surface area contributed by atoms with Crippen LogP contribution in [-0.2, 0) is 6.42 Å². The third-order valence-corrected chi connectivity index (χ3v) is 4.18. The summed E-state index contributed by atoms with van der Waals surface area (Å²) in [5, 5.41) is 0.628. The van der Waals surface area contributed by atoms with E-state index >= 15 is 0 Å². The first-order valence-electron chi connectivity index (χ1n) is 6.84. The third kappa shape index (κ3) is 2.98. The van der Waals surface area contributed by atoms with Crippen molar-refractivity contribution in [1.29, 1.82) is 0 Å². The van der Waals surface area contributed by atoms with Gasteiger partial charge in [-0.2, -0.15) is 0 Å². The van der Waals surface area contributed by atoms with Crippen molar-refractivity contribution in [2.75, 3.05) is 0 Å². The zero-order valence-corrected chi connectivity index (χ0v) is 10.9. The maximum atomic E-state index is 6.07. The summed E-state index contributed by atoms with van der Waals surface area (Å²) in [6.45, 7) is 0. The van der Waals surface area contributed by atoms with Crippen LogP contribution >= 0.6 is 11.6 Å². The molecule has 3 rings (SSSR count). The molecule has 0 bridgehead atoms. The van der Waals surface area contributed by atoms with E-state index in [2.05, 4.69) is 9.97 Å². The molecule has 0 spiro atoms. The summed E-state index contributed by atoms with van der Waals surface area (Å²) in [6, 6.07) is 1.95. The molecule has 0 amide bonds. The van der Waals surface area contributed by atoms with Gasteiger partial charge in [0.05, 0.1) is 0 Å². The van der Waals surface area contributed by atoms with Crippen LogP contribution in [-0.4, -0.2) is 9.97 Å². The number of nitrogens with zero attached hydrogens (tertiary/aromatic N) is 2. The minimum atomic E-state index is 0.596. The molecule has 0 aliphatic heterocycles. The summed E-state index contributed by atoms with van der Waals surface area (Å²) >= 11 is 6.07. The van der Waals surface area contributed by atoms with Crippen molar-refractivity contribution in [3.63, 3.8) is 0 Å². The van der Waals surface area contributed by atoms with E-state index in [-0.39, 0.29) is 0 Å². The smallest absolute Gasteiger partial charge is 0.133 e. The standard InChI is InChI=1S/C14H19ClN2/c15-13-9-12(8-5-10-3-1-2-4-10)16-14(17-13)11-6-7-11/h9-11H,1-8H2. The fourth-order valence-electron chi connectivity index (χ4n) is 2.79. The van der Waals surface area contributed by atoms with Crippen molar-refractivity contribution >= 4 is 11.6 Å². The van der Waals surface area contributed by atoms with Gasteiger partial charge in [-0.15, -0.1) is 0 Å². The lowest BCUT2D eigenvalue weighted by molar-refractivity contribution is 0.500. The highest BCUT2D eigenvalue weighted by atomic mass is 35.5. The van der Waals surface area contributed by atoms with E-state index in [0.29, 0.717) is 11.1 Å². The van der Waals surface area contributed by atoms with E-state index < -0.39 is 0 Å². The Balaban J connectivity index is 1.64. The quantitative estimate of drug-likeness (QED) is 0.751. The molecule has 2 nitrogen and oxygen atoms in total. The number of halogens is 1. The lowest BCUT2D eigenvalue weighted by Crippen LogP contribution is -2.02. The Morgan fingerprint density at radius 3 is 2.59 bits per heavy atom. The van der Waals surface area contributed by atoms with E-state index in [4.69, 9.17) is 11.6 Å². The summed E-state index contributed by atoms with van der Waals surface area (Å²) in [7, 11) is 0. The molecular weight excluding hydrogens is 232 g/mol. The molecule has 1 aromatic heterocycles. The molecule has 0 unspecified atom stereocenters. The Morgan fingerprint density at radius 2 is 1.88 bits per heavy atom. The number of rotatable bonds is 4. The summed E-state index contributed by atoms with van der Waals surface area (Å²) < 4.78 is 0. The Morgan fingerprint density at radius 1 is 1.12 bits per heavy atom. The van der Waals surface area contributed by atoms with Crippen molar-refractivity contribution in [1.82, 2.24) is 9.97 Å². The molecule has 1 aromatic rings. The van der Waals surface area contributed by atoms with Crippen molar-refractivity contribution in [3.8, 4) is 0 Å². The molecule has 0 aromatic carbocycles. The third-order valence-electron chi connectivity index (χ3n) is 3.99. The second-order valence-electron chi connectivity index (χ2n) is 5.50. The van der Waals surface area contributed by atoms with E-state index in [9.17, 15) is 0 Å². The molecule has 2 aliphatic carbocycles. The largest absolute Gasteiger partial charge is 0.238 e. The maximum Gasteiger partial charge on any atom is 0.133 e. The molecule has 0 radical (unpaired) electrons. The second kappa shape index (κ2) is 4.93. The molecular formula is C14H19ClN2. The monoisotopic (exact) mass is 250 g/mol. The fraction of sp³-hybridized carbons (Fsp3) is 0.714. The summed E-state index contributed by atoms with van der Waals surface area (Å²) in [5.41, 5.74) is 1.15. The van der Waals surface area contributed by atoms with Crippen LogP contribution in [0.25, 0.3) is 0 Å². The van der Waals surface area contributed by atoms with Gasteiger partial charge < -0.3 is 0 Å². The lowest BCUT2D eigenvalue weighted by atomic mass is 10.0. The van der Waals surface area contributed by atoms with Gasteiger partial charge in [0.15, 0.2) is 0 Å². The van der Waals surface area contributed by atoms with Gasteiger partial charge in [0.1, 0.15) is 11.0 Å². The Bertz CT molecular complexity index is 395. The summed E-state index contributed by atoms with van der Waals surface area (Å²) in [5.74, 6) is 2.51. The van der Waals surface area contributed by atoms with Crippen LogP contribution in [0.2, 0.25) is 5.15 Å². The predicted octanol–water partition coefficient (Wildman–Crippen LogP) is 4.13. The topological polar surface area (TPSA) is 25.8 Å². The first kappa shape index (κ1) is 11.5. The van der Waals surface area contributed by atoms with Crippen molar-refractivity contribution in [2.24, 2.45) is 5.92 Å². The molecule has 92 valence electrons. The zero-order chi connectivity index (χ0) is 11.7. The van der Waals surface area contributed by atoms with Crippen LogP contribution in [0.4, 0.5) is 0 Å². The highest BCUT2D eigenvalue weighted by Crippen LogP contribution is 2.38. The van der Waals surface area contributed by atoms with Gasteiger partial charge in [0.2, 0.25) is 0 Å². The molecule has 2 saturated carbocycles. The molecule has 0 atom stereocenters. The normalized spacial score (nSPS) is 21.0. The highest BCUT2D eigenvalue weighted by Gasteiger charge is 2.27. The van der Waals surface area contributed by atoms with Crippen LogP contribution in [0.15, 0.2) is 6.07 Å². The number of hydrogen-bond donors (Lipinski definition) is 0. The molecule has 0 N–H and O–H groups in total. The number of hydrogen-bond acceptors (Lipinski definition) is 2. The van der Waals surface area contributed by atoms with Crippen LogP contribution < -0.4 is 0 Å². The van der Waals surface area contributed by atoms with E-state index in [1.165, 1.54) is 44.9 Å². The van der Waals surface area contributed by atoms with Gasteiger partial charge in [0.25, 0.3) is 0 Å². The van der Waals surface area contributed by atoms with Crippen LogP contribution in [0, 0.1) is 5.92 Å². The predicted molar refractivity (Wildman–Crippen MR) is 69.3 cm³/mol. The van der Waals surface area contributed by atoms with Gasteiger partial charge in [-0.25, -0.2) is 9.97 Å². The molecule has 3 heteroatoms. The van der Waals surface area contributed by atoms with Crippen molar-refractivity contribution in [2.45, 2.75) is 57.3 Å². The Kier molecular flexibility index (Phi) is 3.32. The summed E-state index contributed by atoms with van der Waals surface area (Å²) in [4.78, 5) is 8.99. The molecule has 2 fully saturated rings. The van der Waals surface area contributed by atoms with Crippen molar-refractivity contribution < 1.29 is 0 Å². The fourth-order valence-corrected chi connectivity index (χ4v) is 3.00. The Hall–Kier alpha value is -0.630. The number of aromatic nitrogens is 2. The highest BCUT2D eigenvalue weighted by molar-refractivity contribution is 6.29. The first-order chi connectivity index (χ1) is 8.31. The molecule has 0 saturated heterocycles. The summed E-state index contributed by atoms with van der Waals surface area (Å²) in [6.07, 6.45) is 10.5. The number of aryl methyl sites for hydroxylation is 1. The van der Waals surface area contributed by atoms with Gasteiger partial charge in [-0.05, 0) is 37.7 Å². The lowest BCUT2D eigenvalue weighted by Gasteiger charge is -2.09. The second-order valence-corrected chi connectivity index (χ2v) is 5.89. The minimum absolute atomic E-state index is 0.596. The molecule has 1 heterocycles. The SMILES string of the molecule is Clc1cc(CCC2CCCC2)nc(C2CC2)n1. The van der Waals surface area contributed by atoms with E-state index in [0.717, 1.165) is 23.9 Å². The van der Waals surface area contributed by atoms with Crippen LogP contribution in [0.3, 0.4) is 0 Å². The maximum absolute atomic E-state index is 6.07. The van der Waals surface area contributed by atoms with Gasteiger partial charge in [-0.3, -0.25) is 0 Å². The van der Waals surface area contributed by atoms with Gasteiger partial charge in [0, 0.05) is 11.6 Å². The average Bonchev–Trinajstić information content (AvgIpc) is 3.04. The van der Waals surface area contributed by atoms with Crippen LogP contribution in [0.1, 0.15) is 62.4 Å². The van der Waals surface area contributed by atoms with E-state index in [1.807, 2.05) is 6.07 Å². The minimum Gasteiger partial charge on any atom is -0.238 e. The van der Waals surface area contributed by atoms with Crippen molar-refractivity contribution in [3.05, 3.63) is 22.7 Å². The average molecular weight is 251 g/mol. The van der Waals surface area contributed by atoms with E-state index in [1.54, 1.807) is 0 Å². The zero-order valence-electron chi connectivity index (χ0n) is 10.2. The molecule has 17 heavy (non-hydrogen) atoms. The van der Waals surface area contributed by atoms with Crippen LogP contribution in [0.5, 0.6) is 0 Å². The Labute approximate surface area is 108 Å². The first-order valence-corrected chi connectivity index (χ1v) is 7.22. The molecule has 2 aliphatic rings. The van der Waals surface area contributed by atoms with Gasteiger partial charge in [-0.1, -0.05) is 37.3 Å². The van der Waals surface area contributed by atoms with Gasteiger partial charge >= 0.3 is 0 Å².